The normalized spacial score (nSPS) is 19.6. The Morgan fingerprint density at radius 1 is 1.11 bits per heavy atom. The average molecular weight is 319 g/mol. The molecule has 0 aromatic heterocycles. The molecule has 0 spiro atoms. The molecule has 2 aromatic carbocycles. The van der Waals surface area contributed by atoms with E-state index in [1.807, 2.05) is 24.3 Å². The molecule has 0 amide bonds. The Morgan fingerprint density at radius 2 is 1.95 bits per heavy atom. The van der Waals surface area contributed by atoms with E-state index in [1.165, 1.54) is 0 Å². The van der Waals surface area contributed by atoms with Crippen LogP contribution in [0.4, 0.5) is 0 Å². The fraction of sp³-hybridized carbons (Fsp3) is 0.312. The Hall–Kier alpha value is -1.35. The van der Waals surface area contributed by atoms with Gasteiger partial charge in [0, 0.05) is 11.8 Å². The third-order valence-corrected chi connectivity index (χ3v) is 4.21. The topological polar surface area (TPSA) is 26.3 Å². The van der Waals surface area contributed by atoms with Crippen molar-refractivity contribution >= 4 is 32.5 Å². The van der Waals surface area contributed by atoms with Crippen LogP contribution in [0.25, 0.3) is 10.8 Å². The van der Waals surface area contributed by atoms with Gasteiger partial charge in [0.15, 0.2) is 11.9 Å². The summed E-state index contributed by atoms with van der Waals surface area (Å²) in [6.45, 7) is 0. The number of hydrogen-bond acceptors (Lipinski definition) is 2. The molecule has 1 aliphatic rings. The number of carbonyl (C=O) groups is 1. The van der Waals surface area contributed by atoms with E-state index in [0.717, 1.165) is 40.3 Å². The summed E-state index contributed by atoms with van der Waals surface area (Å²) < 4.78 is 6.92. The number of ketones is 1. The molecule has 0 saturated heterocycles. The van der Waals surface area contributed by atoms with Crippen molar-refractivity contribution in [2.75, 3.05) is 0 Å². The van der Waals surface area contributed by atoms with Crippen LogP contribution in [0.2, 0.25) is 0 Å². The zero-order valence-electron chi connectivity index (χ0n) is 10.6. The Balaban J connectivity index is 1.99. The molecule has 0 N–H and O–H groups in total. The quantitative estimate of drug-likeness (QED) is 0.815. The summed E-state index contributed by atoms with van der Waals surface area (Å²) in [5.74, 6) is 1.02. The molecule has 2 nitrogen and oxygen atoms in total. The van der Waals surface area contributed by atoms with Crippen molar-refractivity contribution in [2.45, 2.75) is 31.8 Å². The second kappa shape index (κ2) is 5.33. The Bertz CT molecular complexity index is 621. The lowest BCUT2D eigenvalue weighted by Gasteiger charge is -2.23. The van der Waals surface area contributed by atoms with Gasteiger partial charge in [0.1, 0.15) is 5.75 Å². The van der Waals surface area contributed by atoms with Crippen LogP contribution in [-0.4, -0.2) is 11.9 Å². The van der Waals surface area contributed by atoms with Gasteiger partial charge >= 0.3 is 0 Å². The van der Waals surface area contributed by atoms with Gasteiger partial charge in [-0.1, -0.05) is 30.3 Å². The van der Waals surface area contributed by atoms with Crippen LogP contribution in [0.1, 0.15) is 25.7 Å². The first-order chi connectivity index (χ1) is 9.25. The van der Waals surface area contributed by atoms with E-state index in [-0.39, 0.29) is 11.9 Å². The van der Waals surface area contributed by atoms with Gasteiger partial charge in [0.05, 0.1) is 4.47 Å². The Morgan fingerprint density at radius 3 is 2.79 bits per heavy atom. The molecule has 0 radical (unpaired) electrons. The van der Waals surface area contributed by atoms with Crippen molar-refractivity contribution in [3.05, 3.63) is 40.9 Å². The molecule has 98 valence electrons. The highest BCUT2D eigenvalue weighted by Gasteiger charge is 2.25. The minimum absolute atomic E-state index is 0.228. The first-order valence-electron chi connectivity index (χ1n) is 6.62. The van der Waals surface area contributed by atoms with Crippen LogP contribution in [-0.2, 0) is 4.79 Å². The number of fused-ring (bicyclic) bond motifs is 1. The van der Waals surface area contributed by atoms with E-state index >= 15 is 0 Å². The smallest absolute Gasteiger partial charge is 0.173 e. The van der Waals surface area contributed by atoms with Crippen molar-refractivity contribution in [1.82, 2.24) is 0 Å². The summed E-state index contributed by atoms with van der Waals surface area (Å²) in [4.78, 5) is 11.9. The lowest BCUT2D eigenvalue weighted by atomic mass is 9.96. The van der Waals surface area contributed by atoms with Gasteiger partial charge < -0.3 is 4.74 Å². The fourth-order valence-electron chi connectivity index (χ4n) is 2.55. The standard InChI is InChI=1S/C16H15BrO2/c17-13-10-9-11-5-1-2-6-12(11)16(13)19-15-8-4-3-7-14(15)18/h1-2,5-6,9-10,15H,3-4,7-8H2. The predicted molar refractivity (Wildman–Crippen MR) is 79.5 cm³/mol. The monoisotopic (exact) mass is 318 g/mol. The molecule has 3 rings (SSSR count). The van der Waals surface area contributed by atoms with Crippen LogP contribution in [0.5, 0.6) is 5.75 Å². The Labute approximate surface area is 120 Å². The van der Waals surface area contributed by atoms with Gasteiger partial charge in [0.25, 0.3) is 0 Å². The lowest BCUT2D eigenvalue weighted by molar-refractivity contribution is -0.127. The minimum atomic E-state index is -0.282. The van der Waals surface area contributed by atoms with Gasteiger partial charge in [-0.15, -0.1) is 0 Å². The van der Waals surface area contributed by atoms with E-state index in [0.29, 0.717) is 6.42 Å². The van der Waals surface area contributed by atoms with Crippen molar-refractivity contribution in [1.29, 1.82) is 0 Å². The van der Waals surface area contributed by atoms with E-state index in [9.17, 15) is 4.79 Å². The van der Waals surface area contributed by atoms with Gasteiger partial charge in [0.2, 0.25) is 0 Å². The second-order valence-corrected chi connectivity index (χ2v) is 5.77. The van der Waals surface area contributed by atoms with Crippen molar-refractivity contribution < 1.29 is 9.53 Å². The average Bonchev–Trinajstić information content (AvgIpc) is 2.44. The highest BCUT2D eigenvalue weighted by atomic mass is 79.9. The van der Waals surface area contributed by atoms with E-state index in [1.54, 1.807) is 0 Å². The van der Waals surface area contributed by atoms with Crippen molar-refractivity contribution in [3.63, 3.8) is 0 Å². The summed E-state index contributed by atoms with van der Waals surface area (Å²) in [6.07, 6.45) is 3.26. The van der Waals surface area contributed by atoms with Crippen LogP contribution in [0, 0.1) is 0 Å². The number of benzene rings is 2. The molecule has 2 aromatic rings. The maximum Gasteiger partial charge on any atom is 0.173 e. The highest BCUT2D eigenvalue weighted by Crippen LogP contribution is 2.35. The fourth-order valence-corrected chi connectivity index (χ4v) is 2.99. The SMILES string of the molecule is O=C1CCCCC1Oc1c(Br)ccc2ccccc12. The molecule has 1 saturated carbocycles. The summed E-state index contributed by atoms with van der Waals surface area (Å²) in [7, 11) is 0. The number of rotatable bonds is 2. The number of carbonyl (C=O) groups excluding carboxylic acids is 1. The molecular weight excluding hydrogens is 304 g/mol. The van der Waals surface area contributed by atoms with Gasteiger partial charge in [-0.2, -0.15) is 0 Å². The van der Waals surface area contributed by atoms with Crippen LogP contribution in [0.15, 0.2) is 40.9 Å². The highest BCUT2D eigenvalue weighted by molar-refractivity contribution is 9.10. The minimum Gasteiger partial charge on any atom is -0.481 e. The van der Waals surface area contributed by atoms with Crippen LogP contribution in [0.3, 0.4) is 0 Å². The third-order valence-electron chi connectivity index (χ3n) is 3.59. The molecule has 1 unspecified atom stereocenters. The number of Topliss-reactive ketones (excluding diaryl/α,β-unsaturated/α-hetero) is 1. The zero-order chi connectivity index (χ0) is 13.2. The number of hydrogen-bond donors (Lipinski definition) is 0. The van der Waals surface area contributed by atoms with Crippen molar-refractivity contribution in [3.8, 4) is 5.75 Å². The van der Waals surface area contributed by atoms with E-state index < -0.39 is 0 Å². The zero-order valence-corrected chi connectivity index (χ0v) is 12.2. The Kier molecular flexibility index (Phi) is 3.56. The molecule has 0 heterocycles. The summed E-state index contributed by atoms with van der Waals surface area (Å²) in [5, 5.41) is 2.18. The van der Waals surface area contributed by atoms with Gasteiger partial charge in [-0.3, -0.25) is 4.79 Å². The molecule has 1 fully saturated rings. The largest absolute Gasteiger partial charge is 0.481 e. The molecule has 1 aliphatic carbocycles. The molecule has 0 aliphatic heterocycles. The maximum atomic E-state index is 11.9. The first kappa shape index (κ1) is 12.7. The molecule has 1 atom stereocenters. The molecule has 3 heteroatoms. The summed E-state index contributed by atoms with van der Waals surface area (Å²) in [5.41, 5.74) is 0. The number of ether oxygens (including phenoxy) is 1. The molecule has 0 bridgehead atoms. The summed E-state index contributed by atoms with van der Waals surface area (Å²) >= 11 is 3.53. The number of halogens is 1. The van der Waals surface area contributed by atoms with Gasteiger partial charge in [-0.05, 0) is 46.6 Å². The second-order valence-electron chi connectivity index (χ2n) is 4.92. The van der Waals surface area contributed by atoms with Crippen LogP contribution >= 0.6 is 15.9 Å². The molecule has 19 heavy (non-hydrogen) atoms. The predicted octanol–water partition coefficient (Wildman–Crippen LogP) is 4.49. The molecular formula is C16H15BrO2. The van der Waals surface area contributed by atoms with Gasteiger partial charge in [-0.25, -0.2) is 0 Å². The lowest BCUT2D eigenvalue weighted by Crippen LogP contribution is -2.30. The van der Waals surface area contributed by atoms with Crippen LogP contribution < -0.4 is 4.74 Å². The summed E-state index contributed by atoms with van der Waals surface area (Å²) in [6, 6.07) is 12.1. The van der Waals surface area contributed by atoms with E-state index in [4.69, 9.17) is 4.74 Å². The van der Waals surface area contributed by atoms with Crippen molar-refractivity contribution in [2.24, 2.45) is 0 Å². The maximum absolute atomic E-state index is 11.9. The first-order valence-corrected chi connectivity index (χ1v) is 7.41. The van der Waals surface area contributed by atoms with E-state index in [2.05, 4.69) is 28.1 Å². The third kappa shape index (κ3) is 2.52.